The van der Waals surface area contributed by atoms with E-state index in [1.54, 1.807) is 7.05 Å². The van der Waals surface area contributed by atoms with Crippen LogP contribution in [0.2, 0.25) is 0 Å². The molecule has 5 heteroatoms. The molecule has 0 atom stereocenters. The van der Waals surface area contributed by atoms with E-state index in [1.165, 1.54) is 22.7 Å². The minimum atomic E-state index is -3.45. The lowest BCUT2D eigenvalue weighted by Gasteiger charge is -2.29. The molecule has 18 heavy (non-hydrogen) atoms. The Kier molecular flexibility index (Phi) is 4.08. The zero-order valence-corrected chi connectivity index (χ0v) is 12.7. The van der Waals surface area contributed by atoms with Gasteiger partial charge in [0.2, 0.25) is 0 Å². The fraction of sp³-hybridized carbons (Fsp3) is 0.538. The second-order valence-corrected chi connectivity index (χ2v) is 7.70. The molecule has 4 nitrogen and oxygen atoms in total. The zero-order chi connectivity index (χ0) is 14.1. The maximum atomic E-state index is 12.2. The monoisotopic (exact) mass is 270 g/mol. The van der Waals surface area contributed by atoms with Gasteiger partial charge in [0, 0.05) is 21.1 Å². The van der Waals surface area contributed by atoms with Gasteiger partial charge in [-0.1, -0.05) is 39.0 Å². The lowest BCUT2D eigenvalue weighted by Crippen LogP contribution is -2.38. The molecule has 0 saturated heterocycles. The summed E-state index contributed by atoms with van der Waals surface area (Å²) in [6, 6.07) is 7.59. The van der Waals surface area contributed by atoms with E-state index in [1.807, 2.05) is 24.3 Å². The topological polar surface area (TPSA) is 40.6 Å². The summed E-state index contributed by atoms with van der Waals surface area (Å²) in [6.45, 7) is 6.21. The van der Waals surface area contributed by atoms with Crippen LogP contribution in [0.3, 0.4) is 0 Å². The molecule has 0 aliphatic rings. The Balaban J connectivity index is 3.36. The van der Waals surface area contributed by atoms with Gasteiger partial charge >= 0.3 is 10.2 Å². The van der Waals surface area contributed by atoms with Crippen LogP contribution >= 0.6 is 0 Å². The molecule has 0 aliphatic heterocycles. The molecule has 0 fully saturated rings. The van der Waals surface area contributed by atoms with Crippen LogP contribution in [0.1, 0.15) is 26.3 Å². The molecule has 0 bridgehead atoms. The number of hydrogen-bond acceptors (Lipinski definition) is 2. The van der Waals surface area contributed by atoms with Crippen LogP contribution in [0.4, 0.5) is 5.69 Å². The highest BCUT2D eigenvalue weighted by Crippen LogP contribution is 2.32. The summed E-state index contributed by atoms with van der Waals surface area (Å²) >= 11 is 0. The third-order valence-corrected chi connectivity index (χ3v) is 4.67. The Morgan fingerprint density at radius 3 is 1.94 bits per heavy atom. The first-order valence-corrected chi connectivity index (χ1v) is 7.24. The Labute approximate surface area is 110 Å². The van der Waals surface area contributed by atoms with Gasteiger partial charge in [-0.3, -0.25) is 4.31 Å². The minimum Gasteiger partial charge on any atom is -0.260 e. The van der Waals surface area contributed by atoms with Gasteiger partial charge in [-0.05, 0) is 17.0 Å². The summed E-state index contributed by atoms with van der Waals surface area (Å²) in [6.07, 6.45) is 0. The van der Waals surface area contributed by atoms with Crippen molar-refractivity contribution in [2.24, 2.45) is 0 Å². The molecule has 0 radical (unpaired) electrons. The van der Waals surface area contributed by atoms with Gasteiger partial charge in [0.15, 0.2) is 0 Å². The highest BCUT2D eigenvalue weighted by molar-refractivity contribution is 7.90. The van der Waals surface area contributed by atoms with Crippen LogP contribution in [0.25, 0.3) is 0 Å². The van der Waals surface area contributed by atoms with E-state index in [-0.39, 0.29) is 5.41 Å². The van der Waals surface area contributed by atoms with Crippen LogP contribution in [0, 0.1) is 0 Å². The molecule has 0 spiro atoms. The van der Waals surface area contributed by atoms with Crippen molar-refractivity contribution in [3.63, 3.8) is 0 Å². The van der Waals surface area contributed by atoms with Crippen LogP contribution in [-0.2, 0) is 15.6 Å². The summed E-state index contributed by atoms with van der Waals surface area (Å²) in [5.74, 6) is 0. The first kappa shape index (κ1) is 15.0. The van der Waals surface area contributed by atoms with Gasteiger partial charge in [-0.15, -0.1) is 0 Å². The van der Waals surface area contributed by atoms with E-state index in [0.29, 0.717) is 0 Å². The Hall–Kier alpha value is -1.07. The average molecular weight is 270 g/mol. The highest BCUT2D eigenvalue weighted by Gasteiger charge is 2.26. The average Bonchev–Trinajstić information content (AvgIpc) is 2.26. The third kappa shape index (κ3) is 2.84. The first-order valence-electron chi connectivity index (χ1n) is 5.84. The number of hydrogen-bond donors (Lipinski definition) is 0. The maximum Gasteiger partial charge on any atom is 0.303 e. The fourth-order valence-corrected chi connectivity index (χ4v) is 2.65. The number of para-hydroxylation sites is 1. The number of anilines is 1. The van der Waals surface area contributed by atoms with E-state index in [4.69, 9.17) is 0 Å². The van der Waals surface area contributed by atoms with Crippen LogP contribution in [0.15, 0.2) is 24.3 Å². The van der Waals surface area contributed by atoms with E-state index in [2.05, 4.69) is 20.8 Å². The van der Waals surface area contributed by atoms with Gasteiger partial charge in [0.1, 0.15) is 0 Å². The molecule has 0 aromatic heterocycles. The quantitative estimate of drug-likeness (QED) is 0.845. The van der Waals surface area contributed by atoms with Gasteiger partial charge in [-0.25, -0.2) is 0 Å². The summed E-state index contributed by atoms with van der Waals surface area (Å²) < 4.78 is 26.9. The number of rotatable bonds is 3. The van der Waals surface area contributed by atoms with Crippen molar-refractivity contribution >= 4 is 15.9 Å². The van der Waals surface area contributed by atoms with E-state index in [0.717, 1.165) is 11.3 Å². The smallest absolute Gasteiger partial charge is 0.260 e. The lowest BCUT2D eigenvalue weighted by atomic mass is 9.86. The Bertz CT molecular complexity index is 516. The van der Waals surface area contributed by atoms with Gasteiger partial charge in [0.25, 0.3) is 0 Å². The van der Waals surface area contributed by atoms with Gasteiger partial charge in [0.05, 0.1) is 5.69 Å². The molecule has 0 unspecified atom stereocenters. The van der Waals surface area contributed by atoms with Crippen molar-refractivity contribution in [2.45, 2.75) is 26.2 Å². The molecule has 0 N–H and O–H groups in total. The van der Waals surface area contributed by atoms with Crippen molar-refractivity contribution in [2.75, 3.05) is 25.4 Å². The standard InChI is InChI=1S/C13H22N2O2S/c1-13(2,3)11-9-7-8-10-12(11)15(6)18(16,17)14(4)5/h7-10H,1-6H3. The molecule has 1 aromatic carbocycles. The molecule has 0 saturated carbocycles. The van der Waals surface area contributed by atoms with E-state index in [9.17, 15) is 8.42 Å². The maximum absolute atomic E-state index is 12.2. The molecule has 0 heterocycles. The van der Waals surface area contributed by atoms with Gasteiger partial charge in [-0.2, -0.15) is 12.7 Å². The van der Waals surface area contributed by atoms with Crippen LogP contribution in [-0.4, -0.2) is 33.9 Å². The first-order chi connectivity index (χ1) is 8.08. The number of nitrogens with zero attached hydrogens (tertiary/aromatic N) is 2. The minimum absolute atomic E-state index is 0.104. The second kappa shape index (κ2) is 4.90. The van der Waals surface area contributed by atoms with Crippen molar-refractivity contribution in [3.05, 3.63) is 29.8 Å². The van der Waals surface area contributed by atoms with Crippen LogP contribution in [0.5, 0.6) is 0 Å². The molecule has 0 amide bonds. The summed E-state index contributed by atoms with van der Waals surface area (Å²) in [5, 5.41) is 0. The van der Waals surface area contributed by atoms with E-state index >= 15 is 0 Å². The summed E-state index contributed by atoms with van der Waals surface area (Å²) in [5.41, 5.74) is 1.63. The molecular weight excluding hydrogens is 248 g/mol. The largest absolute Gasteiger partial charge is 0.303 e. The third-order valence-electron chi connectivity index (χ3n) is 2.86. The normalized spacial score (nSPS) is 12.8. The predicted molar refractivity (Wildman–Crippen MR) is 76.2 cm³/mol. The van der Waals surface area contributed by atoms with Gasteiger partial charge < -0.3 is 0 Å². The molecule has 1 aromatic rings. The molecule has 102 valence electrons. The summed E-state index contributed by atoms with van der Waals surface area (Å²) in [4.78, 5) is 0. The highest BCUT2D eigenvalue weighted by atomic mass is 32.2. The number of benzene rings is 1. The lowest BCUT2D eigenvalue weighted by molar-refractivity contribution is 0.518. The van der Waals surface area contributed by atoms with Crippen molar-refractivity contribution in [1.82, 2.24) is 4.31 Å². The Morgan fingerprint density at radius 2 is 1.50 bits per heavy atom. The van der Waals surface area contributed by atoms with E-state index < -0.39 is 10.2 Å². The van der Waals surface area contributed by atoms with Crippen molar-refractivity contribution in [3.8, 4) is 0 Å². The Morgan fingerprint density at radius 1 is 1.00 bits per heavy atom. The van der Waals surface area contributed by atoms with Crippen molar-refractivity contribution < 1.29 is 8.42 Å². The predicted octanol–water partition coefficient (Wildman–Crippen LogP) is 2.23. The molecular formula is C13H22N2O2S. The van der Waals surface area contributed by atoms with Crippen LogP contribution < -0.4 is 4.31 Å². The summed E-state index contributed by atoms with van der Waals surface area (Å²) in [7, 11) is 1.20. The fourth-order valence-electron chi connectivity index (χ4n) is 1.75. The second-order valence-electron chi connectivity index (χ2n) is 5.52. The molecule has 0 aliphatic carbocycles. The van der Waals surface area contributed by atoms with Crippen molar-refractivity contribution in [1.29, 1.82) is 0 Å². The SMILES string of the molecule is CN(C)S(=O)(=O)N(C)c1ccccc1C(C)(C)C. The zero-order valence-electron chi connectivity index (χ0n) is 11.9. The molecule has 1 rings (SSSR count).